The molecule has 0 aliphatic heterocycles. The standard InChI is InChI=1S/C13H16BrF2NO3/c1-3-19-10(18)7-13(2,17)11-8(14)5-4-6-9(11)20-12(15)16/h4-6,12H,3,7,17H2,1-2H3/t13-/m0/s1. The van der Waals surface area contributed by atoms with E-state index in [0.717, 1.165) is 0 Å². The van der Waals surface area contributed by atoms with E-state index in [9.17, 15) is 13.6 Å². The Morgan fingerprint density at radius 2 is 2.15 bits per heavy atom. The normalized spacial score (nSPS) is 13.9. The number of carbonyl (C=O) groups excluding carboxylic acids is 1. The fourth-order valence-electron chi connectivity index (χ4n) is 1.85. The molecule has 4 nitrogen and oxygen atoms in total. The second kappa shape index (κ2) is 6.99. The largest absolute Gasteiger partial charge is 0.466 e. The zero-order valence-corrected chi connectivity index (χ0v) is 12.7. The van der Waals surface area contributed by atoms with Crippen LogP contribution < -0.4 is 10.5 Å². The molecule has 2 N–H and O–H groups in total. The lowest BCUT2D eigenvalue weighted by molar-refractivity contribution is -0.144. The molecule has 0 fully saturated rings. The van der Waals surface area contributed by atoms with Crippen LogP contribution in [0.3, 0.4) is 0 Å². The van der Waals surface area contributed by atoms with Crippen LogP contribution in [0.1, 0.15) is 25.8 Å². The summed E-state index contributed by atoms with van der Waals surface area (Å²) in [6.45, 7) is 0.491. The average molecular weight is 352 g/mol. The summed E-state index contributed by atoms with van der Waals surface area (Å²) < 4.78 is 34.7. The summed E-state index contributed by atoms with van der Waals surface area (Å²) in [4.78, 5) is 11.6. The molecule has 0 bridgehead atoms. The first-order chi connectivity index (χ1) is 9.27. The third-order valence-electron chi connectivity index (χ3n) is 2.58. The summed E-state index contributed by atoms with van der Waals surface area (Å²) >= 11 is 3.24. The van der Waals surface area contributed by atoms with E-state index in [4.69, 9.17) is 10.5 Å². The van der Waals surface area contributed by atoms with Crippen molar-refractivity contribution in [3.8, 4) is 5.75 Å². The van der Waals surface area contributed by atoms with Gasteiger partial charge in [0.1, 0.15) is 5.75 Å². The van der Waals surface area contributed by atoms with Crippen molar-refractivity contribution in [2.24, 2.45) is 5.73 Å². The smallest absolute Gasteiger partial charge is 0.387 e. The summed E-state index contributed by atoms with van der Waals surface area (Å²) in [5, 5.41) is 0. The molecule has 0 aliphatic rings. The molecule has 1 aromatic carbocycles. The van der Waals surface area contributed by atoms with Gasteiger partial charge in [-0.05, 0) is 26.0 Å². The molecule has 0 spiro atoms. The number of esters is 1. The second-order valence-electron chi connectivity index (χ2n) is 4.39. The maximum Gasteiger partial charge on any atom is 0.387 e. The molecule has 0 unspecified atom stereocenters. The molecule has 0 amide bonds. The van der Waals surface area contributed by atoms with E-state index in [1.807, 2.05) is 0 Å². The van der Waals surface area contributed by atoms with Crippen molar-refractivity contribution in [2.75, 3.05) is 6.61 Å². The Hall–Kier alpha value is -1.21. The van der Waals surface area contributed by atoms with Crippen LogP contribution in [0.4, 0.5) is 8.78 Å². The summed E-state index contributed by atoms with van der Waals surface area (Å²) in [6, 6.07) is 4.57. The number of halogens is 3. The van der Waals surface area contributed by atoms with Crippen LogP contribution in [0.5, 0.6) is 5.75 Å². The van der Waals surface area contributed by atoms with Crippen LogP contribution in [0, 0.1) is 0 Å². The van der Waals surface area contributed by atoms with Crippen molar-refractivity contribution in [3.63, 3.8) is 0 Å². The lowest BCUT2D eigenvalue weighted by Gasteiger charge is -2.27. The van der Waals surface area contributed by atoms with Crippen molar-refractivity contribution in [1.82, 2.24) is 0 Å². The van der Waals surface area contributed by atoms with E-state index in [1.165, 1.54) is 6.07 Å². The van der Waals surface area contributed by atoms with Gasteiger partial charge in [0.25, 0.3) is 0 Å². The minimum Gasteiger partial charge on any atom is -0.466 e. The number of carbonyl (C=O) groups is 1. The Labute approximate surface area is 124 Å². The Bertz CT molecular complexity index is 481. The van der Waals surface area contributed by atoms with Gasteiger partial charge in [-0.25, -0.2) is 0 Å². The zero-order valence-electron chi connectivity index (χ0n) is 11.2. The molecule has 1 aromatic rings. The maximum absolute atomic E-state index is 12.4. The third kappa shape index (κ3) is 4.42. The van der Waals surface area contributed by atoms with E-state index in [2.05, 4.69) is 20.7 Å². The molecule has 0 aromatic heterocycles. The summed E-state index contributed by atoms with van der Waals surface area (Å²) in [5.74, 6) is -0.570. The lowest BCUT2D eigenvalue weighted by atomic mass is 9.89. The first-order valence-corrected chi connectivity index (χ1v) is 6.75. The Morgan fingerprint density at radius 1 is 1.50 bits per heavy atom. The molecule has 0 saturated heterocycles. The highest BCUT2D eigenvalue weighted by atomic mass is 79.9. The van der Waals surface area contributed by atoms with E-state index < -0.39 is 18.1 Å². The van der Waals surface area contributed by atoms with Gasteiger partial charge in [0, 0.05) is 10.0 Å². The van der Waals surface area contributed by atoms with Gasteiger partial charge in [-0.1, -0.05) is 22.0 Å². The van der Waals surface area contributed by atoms with Crippen LogP contribution in [-0.2, 0) is 15.1 Å². The number of alkyl halides is 2. The van der Waals surface area contributed by atoms with Crippen molar-refractivity contribution >= 4 is 21.9 Å². The van der Waals surface area contributed by atoms with Crippen LogP contribution in [0.25, 0.3) is 0 Å². The number of benzene rings is 1. The van der Waals surface area contributed by atoms with Crippen molar-refractivity contribution in [1.29, 1.82) is 0 Å². The van der Waals surface area contributed by atoms with Gasteiger partial charge in [-0.15, -0.1) is 0 Å². The highest BCUT2D eigenvalue weighted by Crippen LogP contribution is 2.37. The molecule has 0 heterocycles. The fraction of sp³-hybridized carbons (Fsp3) is 0.462. The van der Waals surface area contributed by atoms with Gasteiger partial charge in [-0.2, -0.15) is 8.78 Å². The summed E-state index contributed by atoms with van der Waals surface area (Å²) in [7, 11) is 0. The SMILES string of the molecule is CCOC(=O)C[C@](C)(N)c1c(Br)cccc1OC(F)F. The molecule has 0 radical (unpaired) electrons. The zero-order chi connectivity index (χ0) is 15.3. The molecular formula is C13H16BrF2NO3. The first-order valence-electron chi connectivity index (χ1n) is 5.96. The molecule has 0 saturated carbocycles. The Kier molecular flexibility index (Phi) is 5.88. The van der Waals surface area contributed by atoms with Crippen LogP contribution >= 0.6 is 15.9 Å². The molecule has 112 valence electrons. The molecule has 20 heavy (non-hydrogen) atoms. The third-order valence-corrected chi connectivity index (χ3v) is 3.24. The van der Waals surface area contributed by atoms with Gasteiger partial charge in [0.2, 0.25) is 0 Å². The summed E-state index contributed by atoms with van der Waals surface area (Å²) in [5.41, 5.74) is 5.19. The van der Waals surface area contributed by atoms with Gasteiger partial charge >= 0.3 is 12.6 Å². The lowest BCUT2D eigenvalue weighted by Crippen LogP contribution is -2.37. The van der Waals surface area contributed by atoms with E-state index in [-0.39, 0.29) is 18.8 Å². The number of ether oxygens (including phenoxy) is 2. The first kappa shape index (κ1) is 16.8. The van der Waals surface area contributed by atoms with Crippen LogP contribution in [-0.4, -0.2) is 19.2 Å². The van der Waals surface area contributed by atoms with Gasteiger partial charge in [0.05, 0.1) is 18.6 Å². The number of hydrogen-bond donors (Lipinski definition) is 1. The van der Waals surface area contributed by atoms with Crippen molar-refractivity contribution in [2.45, 2.75) is 32.4 Å². The van der Waals surface area contributed by atoms with E-state index >= 15 is 0 Å². The van der Waals surface area contributed by atoms with Crippen LogP contribution in [0.2, 0.25) is 0 Å². The number of rotatable bonds is 6. The molecular weight excluding hydrogens is 336 g/mol. The average Bonchev–Trinajstić information content (AvgIpc) is 2.26. The van der Waals surface area contributed by atoms with Gasteiger partial charge in [-0.3, -0.25) is 4.79 Å². The topological polar surface area (TPSA) is 61.5 Å². The molecule has 7 heteroatoms. The maximum atomic E-state index is 12.4. The predicted molar refractivity (Wildman–Crippen MR) is 73.6 cm³/mol. The van der Waals surface area contributed by atoms with Crippen LogP contribution in [0.15, 0.2) is 22.7 Å². The number of nitrogens with two attached hydrogens (primary N) is 1. The minimum absolute atomic E-state index is 0.0660. The van der Waals surface area contributed by atoms with E-state index in [0.29, 0.717) is 10.0 Å². The Balaban J connectivity index is 3.12. The highest BCUT2D eigenvalue weighted by Gasteiger charge is 2.31. The van der Waals surface area contributed by atoms with Crippen molar-refractivity contribution in [3.05, 3.63) is 28.2 Å². The van der Waals surface area contributed by atoms with E-state index in [1.54, 1.807) is 26.0 Å². The molecule has 1 atom stereocenters. The number of hydrogen-bond acceptors (Lipinski definition) is 4. The van der Waals surface area contributed by atoms with Gasteiger partial charge in [0.15, 0.2) is 0 Å². The quantitative estimate of drug-likeness (QED) is 0.799. The fourth-order valence-corrected chi connectivity index (χ4v) is 2.65. The van der Waals surface area contributed by atoms with Crippen molar-refractivity contribution < 1.29 is 23.0 Å². The summed E-state index contributed by atoms with van der Waals surface area (Å²) in [6.07, 6.45) is -0.150. The Morgan fingerprint density at radius 3 is 2.70 bits per heavy atom. The predicted octanol–water partition coefficient (Wildman–Crippen LogP) is 3.18. The molecule has 1 rings (SSSR count). The molecule has 0 aliphatic carbocycles. The minimum atomic E-state index is -2.97. The second-order valence-corrected chi connectivity index (χ2v) is 5.25. The highest BCUT2D eigenvalue weighted by molar-refractivity contribution is 9.10. The van der Waals surface area contributed by atoms with Gasteiger partial charge < -0.3 is 15.2 Å². The monoisotopic (exact) mass is 351 g/mol.